The summed E-state index contributed by atoms with van der Waals surface area (Å²) in [5, 5.41) is 27.3. The predicted molar refractivity (Wildman–Crippen MR) is 71.1 cm³/mol. The molecular formula is C10H13N3O6S. The number of sulfonamides is 1. The van der Waals surface area contributed by atoms with Gasteiger partial charge in [0.2, 0.25) is 10.0 Å². The van der Waals surface area contributed by atoms with Gasteiger partial charge in [-0.2, -0.15) is 0 Å². The van der Waals surface area contributed by atoms with Crippen molar-refractivity contribution in [1.29, 1.82) is 0 Å². The molecule has 10 heteroatoms. The van der Waals surface area contributed by atoms with Crippen LogP contribution in [-0.4, -0.2) is 36.7 Å². The maximum atomic E-state index is 10.9. The van der Waals surface area contributed by atoms with Gasteiger partial charge in [0.1, 0.15) is 11.3 Å². The van der Waals surface area contributed by atoms with E-state index in [2.05, 4.69) is 5.32 Å². The molecule has 0 saturated carbocycles. The summed E-state index contributed by atoms with van der Waals surface area (Å²) in [6.07, 6.45) is 0.146. The van der Waals surface area contributed by atoms with Crippen molar-refractivity contribution in [1.82, 2.24) is 0 Å². The van der Waals surface area contributed by atoms with Crippen LogP contribution in [0.3, 0.4) is 0 Å². The summed E-state index contributed by atoms with van der Waals surface area (Å²) in [5.41, 5.74) is -0.980. The van der Waals surface area contributed by atoms with E-state index >= 15 is 0 Å². The molecular weight excluding hydrogens is 290 g/mol. The maximum Gasteiger partial charge on any atom is 0.342 e. The molecule has 20 heavy (non-hydrogen) atoms. The predicted octanol–water partition coefficient (Wildman–Crippen LogP) is 0.383. The number of nitro groups is 1. The largest absolute Gasteiger partial charge is 0.477 e. The highest BCUT2D eigenvalue weighted by molar-refractivity contribution is 7.89. The van der Waals surface area contributed by atoms with Crippen LogP contribution in [0.4, 0.5) is 11.4 Å². The highest BCUT2D eigenvalue weighted by Gasteiger charge is 2.23. The second-order valence-corrected chi connectivity index (χ2v) is 5.65. The van der Waals surface area contributed by atoms with E-state index in [4.69, 9.17) is 10.2 Å². The Morgan fingerprint density at radius 3 is 2.60 bits per heavy atom. The van der Waals surface area contributed by atoms with Crippen molar-refractivity contribution >= 4 is 27.4 Å². The Morgan fingerprint density at radius 1 is 1.45 bits per heavy atom. The van der Waals surface area contributed by atoms with Crippen LogP contribution in [0, 0.1) is 10.1 Å². The maximum absolute atomic E-state index is 10.9. The third kappa shape index (κ3) is 4.48. The minimum atomic E-state index is -3.59. The summed E-state index contributed by atoms with van der Waals surface area (Å²) in [6.45, 7) is 0.111. The molecule has 0 aliphatic carbocycles. The van der Waals surface area contributed by atoms with E-state index in [-0.39, 0.29) is 24.4 Å². The second kappa shape index (κ2) is 6.30. The number of aromatic carboxylic acids is 1. The van der Waals surface area contributed by atoms with Gasteiger partial charge in [0, 0.05) is 6.54 Å². The first-order chi connectivity index (χ1) is 9.22. The van der Waals surface area contributed by atoms with Crippen LogP contribution in [0.2, 0.25) is 0 Å². The number of hydrogen-bond acceptors (Lipinski definition) is 6. The van der Waals surface area contributed by atoms with Crippen molar-refractivity contribution in [2.75, 3.05) is 17.6 Å². The van der Waals surface area contributed by atoms with E-state index < -0.39 is 32.2 Å². The fourth-order valence-corrected chi connectivity index (χ4v) is 2.10. The molecule has 0 spiro atoms. The molecule has 0 saturated heterocycles. The van der Waals surface area contributed by atoms with Gasteiger partial charge in [-0.15, -0.1) is 0 Å². The van der Waals surface area contributed by atoms with Crippen LogP contribution in [0.15, 0.2) is 18.2 Å². The molecule has 0 atom stereocenters. The average molecular weight is 303 g/mol. The van der Waals surface area contributed by atoms with E-state index in [0.29, 0.717) is 0 Å². The van der Waals surface area contributed by atoms with Crippen molar-refractivity contribution in [3.63, 3.8) is 0 Å². The summed E-state index contributed by atoms with van der Waals surface area (Å²) in [6, 6.07) is 3.83. The van der Waals surface area contributed by atoms with Gasteiger partial charge in [0.15, 0.2) is 0 Å². The molecule has 0 bridgehead atoms. The minimum absolute atomic E-state index is 0.0179. The number of hydrogen-bond donors (Lipinski definition) is 3. The number of rotatable bonds is 7. The minimum Gasteiger partial charge on any atom is -0.477 e. The highest BCUT2D eigenvalue weighted by atomic mass is 32.2. The summed E-state index contributed by atoms with van der Waals surface area (Å²) in [7, 11) is -3.59. The van der Waals surface area contributed by atoms with Crippen LogP contribution in [0.25, 0.3) is 0 Å². The molecule has 0 unspecified atom stereocenters. The number of nitro benzene ring substituents is 1. The van der Waals surface area contributed by atoms with Gasteiger partial charge in [-0.1, -0.05) is 6.07 Å². The fraction of sp³-hybridized carbons (Fsp3) is 0.300. The van der Waals surface area contributed by atoms with Crippen LogP contribution < -0.4 is 10.5 Å². The Balaban J connectivity index is 2.87. The van der Waals surface area contributed by atoms with E-state index in [1.807, 2.05) is 0 Å². The van der Waals surface area contributed by atoms with E-state index in [1.165, 1.54) is 12.1 Å². The molecule has 9 nitrogen and oxygen atoms in total. The molecule has 1 rings (SSSR count). The lowest BCUT2D eigenvalue weighted by Crippen LogP contribution is -2.19. The number of carbonyl (C=O) groups is 1. The third-order valence-electron chi connectivity index (χ3n) is 2.37. The zero-order valence-electron chi connectivity index (χ0n) is 10.3. The van der Waals surface area contributed by atoms with E-state index in [1.54, 1.807) is 0 Å². The fourth-order valence-electron chi connectivity index (χ4n) is 1.55. The number of nitrogens with zero attached hydrogens (tertiary/aromatic N) is 1. The average Bonchev–Trinajstić information content (AvgIpc) is 2.32. The highest BCUT2D eigenvalue weighted by Crippen LogP contribution is 2.28. The molecule has 1 aromatic carbocycles. The Morgan fingerprint density at radius 2 is 2.10 bits per heavy atom. The van der Waals surface area contributed by atoms with Crippen LogP contribution >= 0.6 is 0 Å². The second-order valence-electron chi connectivity index (χ2n) is 3.91. The molecule has 0 aliphatic heterocycles. The molecule has 1 aromatic rings. The number of nitrogens with two attached hydrogens (primary N) is 1. The van der Waals surface area contributed by atoms with Crippen LogP contribution in [0.1, 0.15) is 16.8 Å². The van der Waals surface area contributed by atoms with Crippen molar-refractivity contribution in [3.05, 3.63) is 33.9 Å². The van der Waals surface area contributed by atoms with E-state index in [9.17, 15) is 23.3 Å². The van der Waals surface area contributed by atoms with Crippen molar-refractivity contribution in [2.45, 2.75) is 6.42 Å². The van der Waals surface area contributed by atoms with Crippen molar-refractivity contribution < 1.29 is 23.2 Å². The number of benzene rings is 1. The first-order valence-corrected chi connectivity index (χ1v) is 7.19. The number of carboxylic acid groups (broad SMARTS) is 1. The number of nitrogens with one attached hydrogen (secondary N) is 1. The summed E-state index contributed by atoms with van der Waals surface area (Å²) in [5.74, 6) is -1.68. The Bertz CT molecular complexity index is 628. The normalized spacial score (nSPS) is 11.1. The molecule has 0 aliphatic rings. The summed E-state index contributed by atoms with van der Waals surface area (Å²) < 4.78 is 21.5. The van der Waals surface area contributed by atoms with E-state index in [0.717, 1.165) is 6.07 Å². The van der Waals surface area contributed by atoms with Gasteiger partial charge < -0.3 is 10.4 Å². The smallest absolute Gasteiger partial charge is 0.342 e. The third-order valence-corrected chi connectivity index (χ3v) is 3.23. The summed E-state index contributed by atoms with van der Waals surface area (Å²) >= 11 is 0. The number of anilines is 1. The molecule has 0 aromatic heterocycles. The van der Waals surface area contributed by atoms with Gasteiger partial charge in [-0.3, -0.25) is 10.1 Å². The Kier molecular flexibility index (Phi) is 5.00. The van der Waals surface area contributed by atoms with Crippen LogP contribution in [-0.2, 0) is 10.0 Å². The van der Waals surface area contributed by atoms with Gasteiger partial charge in [0.05, 0.1) is 10.7 Å². The molecule has 4 N–H and O–H groups in total. The quantitative estimate of drug-likeness (QED) is 0.374. The molecule has 0 radical (unpaired) electrons. The zero-order chi connectivity index (χ0) is 15.3. The number of primary sulfonamides is 1. The van der Waals surface area contributed by atoms with Gasteiger partial charge in [-0.25, -0.2) is 18.4 Å². The molecule has 110 valence electrons. The van der Waals surface area contributed by atoms with Gasteiger partial charge in [0.25, 0.3) is 0 Å². The first kappa shape index (κ1) is 15.9. The zero-order valence-corrected chi connectivity index (χ0v) is 11.1. The molecule has 0 amide bonds. The van der Waals surface area contributed by atoms with Gasteiger partial charge in [-0.05, 0) is 18.6 Å². The topological polar surface area (TPSA) is 153 Å². The standard InChI is InChI=1S/C10H13N3O6S/c11-20(18,19)6-2-5-12-8-4-1-3-7(10(14)15)9(8)13(16)17/h1,3-4,12H,2,5-6H2,(H,14,15)(H2,11,18,19). The SMILES string of the molecule is NS(=O)(=O)CCCNc1cccc(C(=O)O)c1[N+](=O)[O-]. The van der Waals surface area contributed by atoms with Crippen LogP contribution in [0.5, 0.6) is 0 Å². The summed E-state index contributed by atoms with van der Waals surface area (Å²) in [4.78, 5) is 21.0. The lowest BCUT2D eigenvalue weighted by atomic mass is 10.1. The van der Waals surface area contributed by atoms with Gasteiger partial charge >= 0.3 is 11.7 Å². The van der Waals surface area contributed by atoms with Crippen molar-refractivity contribution in [3.8, 4) is 0 Å². The molecule has 0 heterocycles. The number of para-hydroxylation sites is 1. The monoisotopic (exact) mass is 303 g/mol. The number of carboxylic acids is 1. The first-order valence-electron chi connectivity index (χ1n) is 5.47. The Hall–Kier alpha value is -2.20. The molecule has 0 fully saturated rings. The lowest BCUT2D eigenvalue weighted by molar-refractivity contribution is -0.384. The van der Waals surface area contributed by atoms with Crippen molar-refractivity contribution in [2.24, 2.45) is 5.14 Å². The lowest BCUT2D eigenvalue weighted by Gasteiger charge is -2.08. The Labute approximate surface area is 114 Å².